The van der Waals surface area contributed by atoms with Gasteiger partial charge in [0.15, 0.2) is 0 Å². The van der Waals surface area contributed by atoms with E-state index in [1.807, 2.05) is 25.1 Å². The Hall–Kier alpha value is -2.53. The third-order valence-electron chi connectivity index (χ3n) is 3.44. The van der Waals surface area contributed by atoms with E-state index >= 15 is 0 Å². The van der Waals surface area contributed by atoms with Gasteiger partial charge >= 0.3 is 0 Å². The molecule has 0 aromatic heterocycles. The minimum atomic E-state index is -3.79. The van der Waals surface area contributed by atoms with Crippen LogP contribution >= 0.6 is 0 Å². The summed E-state index contributed by atoms with van der Waals surface area (Å²) in [7, 11) is -3.79. The Bertz CT molecular complexity index is 944. The first-order chi connectivity index (χ1) is 10.5. The maximum atomic E-state index is 12.7. The van der Waals surface area contributed by atoms with Gasteiger partial charge in [-0.3, -0.25) is 4.72 Å². The maximum absolute atomic E-state index is 12.7. The molecule has 3 aromatic carbocycles. The summed E-state index contributed by atoms with van der Waals surface area (Å²) in [5, 5.41) is 11.3. The molecular weight excluding hydrogens is 298 g/mol. The Labute approximate surface area is 129 Å². The zero-order chi connectivity index (χ0) is 15.7. The quantitative estimate of drug-likeness (QED) is 0.725. The standard InChI is InChI=1S/C17H15NO3S/c1-12-9-10-16(19)15(11-12)18-22(20,21)17-8-4-6-13-5-2-3-7-14(13)17/h2-11,18-19H,1H3. The SMILES string of the molecule is Cc1ccc(O)c(NS(=O)(=O)c2cccc3ccccc23)c1. The molecule has 2 N–H and O–H groups in total. The van der Waals surface area contributed by atoms with Crippen molar-refractivity contribution in [3.63, 3.8) is 0 Å². The number of aryl methyl sites for hydroxylation is 1. The second-order valence-corrected chi connectivity index (χ2v) is 6.75. The van der Waals surface area contributed by atoms with Gasteiger partial charge in [0.05, 0.1) is 10.6 Å². The van der Waals surface area contributed by atoms with Gasteiger partial charge in [-0.05, 0) is 36.1 Å². The molecule has 0 heterocycles. The van der Waals surface area contributed by atoms with E-state index in [1.165, 1.54) is 6.07 Å². The molecule has 0 aliphatic carbocycles. The molecule has 0 spiro atoms. The van der Waals surface area contributed by atoms with Crippen LogP contribution in [0.2, 0.25) is 0 Å². The Morgan fingerprint density at radius 3 is 2.50 bits per heavy atom. The second kappa shape index (κ2) is 5.35. The largest absolute Gasteiger partial charge is 0.506 e. The smallest absolute Gasteiger partial charge is 0.262 e. The van der Waals surface area contributed by atoms with Crippen LogP contribution in [0.15, 0.2) is 65.6 Å². The van der Waals surface area contributed by atoms with E-state index in [1.54, 1.807) is 36.4 Å². The van der Waals surface area contributed by atoms with E-state index in [9.17, 15) is 13.5 Å². The molecule has 3 aromatic rings. The molecule has 22 heavy (non-hydrogen) atoms. The topological polar surface area (TPSA) is 66.4 Å². The first-order valence-electron chi connectivity index (χ1n) is 6.77. The van der Waals surface area contributed by atoms with E-state index in [0.29, 0.717) is 5.39 Å². The third kappa shape index (κ3) is 2.63. The van der Waals surface area contributed by atoms with Gasteiger partial charge in [-0.25, -0.2) is 8.42 Å². The molecule has 0 unspecified atom stereocenters. The maximum Gasteiger partial charge on any atom is 0.262 e. The van der Waals surface area contributed by atoms with Crippen LogP contribution in [-0.4, -0.2) is 13.5 Å². The molecule has 0 aliphatic rings. The van der Waals surface area contributed by atoms with E-state index in [-0.39, 0.29) is 16.3 Å². The fourth-order valence-corrected chi connectivity index (χ4v) is 3.66. The van der Waals surface area contributed by atoms with Crippen molar-refractivity contribution in [1.82, 2.24) is 0 Å². The highest BCUT2D eigenvalue weighted by Crippen LogP contribution is 2.29. The Kier molecular flexibility index (Phi) is 3.50. The van der Waals surface area contributed by atoms with Crippen LogP contribution in [0.1, 0.15) is 5.56 Å². The number of anilines is 1. The number of phenolic OH excluding ortho intramolecular Hbond substituents is 1. The fraction of sp³-hybridized carbons (Fsp3) is 0.0588. The average Bonchev–Trinajstić information content (AvgIpc) is 2.50. The normalized spacial score (nSPS) is 11.5. The Balaban J connectivity index is 2.11. The predicted octanol–water partition coefficient (Wildman–Crippen LogP) is 3.65. The van der Waals surface area contributed by atoms with E-state index < -0.39 is 10.0 Å². The lowest BCUT2D eigenvalue weighted by Crippen LogP contribution is -2.13. The number of hydrogen-bond donors (Lipinski definition) is 2. The lowest BCUT2D eigenvalue weighted by molar-refractivity contribution is 0.477. The first-order valence-corrected chi connectivity index (χ1v) is 8.26. The minimum absolute atomic E-state index is 0.102. The lowest BCUT2D eigenvalue weighted by atomic mass is 10.1. The summed E-state index contributed by atoms with van der Waals surface area (Å²) in [5.41, 5.74) is 1.03. The summed E-state index contributed by atoms with van der Waals surface area (Å²) in [6, 6.07) is 17.2. The Morgan fingerprint density at radius 2 is 1.68 bits per heavy atom. The van der Waals surface area contributed by atoms with Gasteiger partial charge in [-0.2, -0.15) is 0 Å². The summed E-state index contributed by atoms with van der Waals surface area (Å²) >= 11 is 0. The van der Waals surface area contributed by atoms with Crippen molar-refractivity contribution in [2.45, 2.75) is 11.8 Å². The highest BCUT2D eigenvalue weighted by Gasteiger charge is 2.18. The molecule has 0 bridgehead atoms. The predicted molar refractivity (Wildman–Crippen MR) is 87.6 cm³/mol. The highest BCUT2D eigenvalue weighted by atomic mass is 32.2. The van der Waals surface area contributed by atoms with Gasteiger partial charge in [0.2, 0.25) is 0 Å². The molecule has 4 nitrogen and oxygen atoms in total. The molecule has 0 saturated heterocycles. The van der Waals surface area contributed by atoms with Crippen molar-refractivity contribution < 1.29 is 13.5 Å². The van der Waals surface area contributed by atoms with E-state index in [2.05, 4.69) is 4.72 Å². The van der Waals surface area contributed by atoms with Crippen molar-refractivity contribution in [2.24, 2.45) is 0 Å². The summed E-state index contributed by atoms with van der Waals surface area (Å²) in [4.78, 5) is 0.187. The van der Waals surface area contributed by atoms with Crippen LogP contribution in [0.5, 0.6) is 5.75 Å². The number of phenols is 1. The molecule has 0 amide bonds. The van der Waals surface area contributed by atoms with Crippen molar-refractivity contribution >= 4 is 26.5 Å². The van der Waals surface area contributed by atoms with Gasteiger partial charge in [0.25, 0.3) is 10.0 Å². The zero-order valence-corrected chi connectivity index (χ0v) is 12.8. The van der Waals surface area contributed by atoms with Crippen LogP contribution in [0.4, 0.5) is 5.69 Å². The molecule has 0 fully saturated rings. The summed E-state index contributed by atoms with van der Waals surface area (Å²) < 4.78 is 27.8. The van der Waals surface area contributed by atoms with Crippen LogP contribution in [-0.2, 0) is 10.0 Å². The van der Waals surface area contributed by atoms with Crippen LogP contribution < -0.4 is 4.72 Å². The van der Waals surface area contributed by atoms with Crippen molar-refractivity contribution in [3.05, 3.63) is 66.2 Å². The number of rotatable bonds is 3. The average molecular weight is 313 g/mol. The summed E-state index contributed by atoms with van der Waals surface area (Å²) in [6.45, 7) is 1.83. The van der Waals surface area contributed by atoms with Crippen molar-refractivity contribution in [3.8, 4) is 5.75 Å². The molecule has 0 radical (unpaired) electrons. The molecule has 112 valence electrons. The van der Waals surface area contributed by atoms with Gasteiger partial charge in [0, 0.05) is 5.39 Å². The van der Waals surface area contributed by atoms with E-state index in [4.69, 9.17) is 0 Å². The number of sulfonamides is 1. The number of aromatic hydroxyl groups is 1. The second-order valence-electron chi connectivity index (χ2n) is 5.10. The number of nitrogens with one attached hydrogen (secondary N) is 1. The molecule has 5 heteroatoms. The van der Waals surface area contributed by atoms with Crippen LogP contribution in [0, 0.1) is 6.92 Å². The van der Waals surface area contributed by atoms with Gasteiger partial charge in [-0.1, -0.05) is 42.5 Å². The summed E-state index contributed by atoms with van der Waals surface area (Å²) in [6.07, 6.45) is 0. The zero-order valence-electron chi connectivity index (χ0n) is 11.9. The first kappa shape index (κ1) is 14.4. The molecule has 0 aliphatic heterocycles. The number of benzene rings is 3. The number of hydrogen-bond acceptors (Lipinski definition) is 3. The van der Waals surface area contributed by atoms with Crippen molar-refractivity contribution in [2.75, 3.05) is 4.72 Å². The van der Waals surface area contributed by atoms with Crippen molar-refractivity contribution in [1.29, 1.82) is 0 Å². The van der Waals surface area contributed by atoms with Crippen LogP contribution in [0.3, 0.4) is 0 Å². The lowest BCUT2D eigenvalue weighted by Gasteiger charge is -2.12. The minimum Gasteiger partial charge on any atom is -0.506 e. The van der Waals surface area contributed by atoms with Gasteiger partial charge in [0.1, 0.15) is 5.75 Å². The highest BCUT2D eigenvalue weighted by molar-refractivity contribution is 7.93. The Morgan fingerprint density at radius 1 is 0.955 bits per heavy atom. The molecule has 3 rings (SSSR count). The van der Waals surface area contributed by atoms with E-state index in [0.717, 1.165) is 10.9 Å². The third-order valence-corrected chi connectivity index (χ3v) is 4.86. The van der Waals surface area contributed by atoms with Crippen LogP contribution in [0.25, 0.3) is 10.8 Å². The molecule has 0 saturated carbocycles. The van der Waals surface area contributed by atoms with Gasteiger partial charge in [-0.15, -0.1) is 0 Å². The molecule has 0 atom stereocenters. The monoisotopic (exact) mass is 313 g/mol. The summed E-state index contributed by atoms with van der Waals surface area (Å²) in [5.74, 6) is -0.102. The molecular formula is C17H15NO3S. The van der Waals surface area contributed by atoms with Gasteiger partial charge < -0.3 is 5.11 Å². The fourth-order valence-electron chi connectivity index (χ4n) is 2.36. The number of fused-ring (bicyclic) bond motifs is 1.